The molecule has 0 spiro atoms. The maximum absolute atomic E-state index is 11.8. The number of ether oxygens (including phenoxy) is 2. The molecule has 0 aliphatic heterocycles. The zero-order valence-electron chi connectivity index (χ0n) is 16.3. The number of hydroxylamine groups is 1. The minimum absolute atomic E-state index is 0.0179. The van der Waals surface area contributed by atoms with Crippen LogP contribution in [0.25, 0.3) is 0 Å². The highest BCUT2D eigenvalue weighted by atomic mass is 16.6. The molecule has 11 nitrogen and oxygen atoms in total. The summed E-state index contributed by atoms with van der Waals surface area (Å²) >= 11 is 0. The van der Waals surface area contributed by atoms with E-state index in [0.29, 0.717) is 0 Å². The van der Waals surface area contributed by atoms with E-state index in [2.05, 4.69) is 21.0 Å². The van der Waals surface area contributed by atoms with Crippen molar-refractivity contribution >= 4 is 24.0 Å². The van der Waals surface area contributed by atoms with Gasteiger partial charge in [-0.15, -0.1) is 0 Å². The molecule has 1 atom stereocenters. The molecule has 0 saturated heterocycles. The maximum Gasteiger partial charge on any atom is 0.407 e. The first-order valence-corrected chi connectivity index (χ1v) is 8.55. The van der Waals surface area contributed by atoms with Gasteiger partial charge >= 0.3 is 12.2 Å². The first-order chi connectivity index (χ1) is 12.5. The fourth-order valence-corrected chi connectivity index (χ4v) is 1.86. The Bertz CT molecular complexity index is 505. The Morgan fingerprint density at radius 2 is 1.52 bits per heavy atom. The molecule has 27 heavy (non-hydrogen) atoms. The zero-order valence-corrected chi connectivity index (χ0v) is 16.3. The summed E-state index contributed by atoms with van der Waals surface area (Å²) in [7, 11) is 1.30. The lowest BCUT2D eigenvalue weighted by atomic mass is 10.1. The van der Waals surface area contributed by atoms with Crippen molar-refractivity contribution in [3.8, 4) is 0 Å². The number of amides is 4. The zero-order chi connectivity index (χ0) is 20.9. The number of hydrogen-bond donors (Lipinski definition) is 4. The molecule has 0 fully saturated rings. The molecular weight excluding hydrogens is 360 g/mol. The number of rotatable bonds is 11. The number of nitrogens with two attached hydrogens (primary N) is 1. The lowest BCUT2D eigenvalue weighted by Crippen LogP contribution is -2.39. The molecule has 1 unspecified atom stereocenters. The molecule has 0 radical (unpaired) electrons. The van der Waals surface area contributed by atoms with E-state index in [1.165, 1.54) is 7.11 Å². The van der Waals surface area contributed by atoms with Gasteiger partial charge in [0.25, 0.3) is 0 Å². The van der Waals surface area contributed by atoms with E-state index in [-0.39, 0.29) is 44.7 Å². The lowest BCUT2D eigenvalue weighted by molar-refractivity contribution is -0.131. The number of nitrogens with one attached hydrogen (secondary N) is 3. The summed E-state index contributed by atoms with van der Waals surface area (Å²) in [6, 6.07) is 0. The second kappa shape index (κ2) is 12.7. The van der Waals surface area contributed by atoms with E-state index >= 15 is 0 Å². The Balaban J connectivity index is 4.23. The molecule has 0 aromatic heterocycles. The third-order valence-corrected chi connectivity index (χ3v) is 2.96. The van der Waals surface area contributed by atoms with Crippen LogP contribution in [0.1, 0.15) is 46.5 Å². The van der Waals surface area contributed by atoms with Gasteiger partial charge in [0.05, 0.1) is 7.11 Å². The van der Waals surface area contributed by atoms with E-state index in [1.807, 2.05) is 0 Å². The molecule has 0 bridgehead atoms. The number of carbonyl (C=O) groups excluding carboxylic acids is 4. The average molecular weight is 390 g/mol. The molecule has 4 amide bonds. The molecule has 0 aliphatic rings. The van der Waals surface area contributed by atoms with E-state index in [4.69, 9.17) is 15.2 Å². The fraction of sp³-hybridized carbons (Fsp3) is 0.750. The van der Waals surface area contributed by atoms with Crippen LogP contribution in [0.2, 0.25) is 0 Å². The van der Waals surface area contributed by atoms with Crippen LogP contribution in [-0.4, -0.2) is 55.9 Å². The molecule has 11 heteroatoms. The Morgan fingerprint density at radius 1 is 0.963 bits per heavy atom. The molecule has 5 N–H and O–H groups in total. The third kappa shape index (κ3) is 15.4. The number of carbonyl (C=O) groups is 4. The van der Waals surface area contributed by atoms with Crippen molar-refractivity contribution in [2.45, 2.75) is 58.2 Å². The summed E-state index contributed by atoms with van der Waals surface area (Å²) in [6.45, 7) is 5.47. The number of primary amides is 1. The van der Waals surface area contributed by atoms with Crippen LogP contribution >= 0.6 is 0 Å². The summed E-state index contributed by atoms with van der Waals surface area (Å²) < 4.78 is 10.2. The SMILES string of the molecule is CONC(=O)CCC(CCC(N)=O)OC(=O)NCCNC(=O)OC(C)(C)C. The van der Waals surface area contributed by atoms with Crippen LogP contribution < -0.4 is 21.8 Å². The largest absolute Gasteiger partial charge is 0.446 e. The minimum Gasteiger partial charge on any atom is -0.446 e. The summed E-state index contributed by atoms with van der Waals surface area (Å²) in [5.41, 5.74) is 6.64. The second-order valence-electron chi connectivity index (χ2n) is 6.66. The Labute approximate surface area is 158 Å². The molecule has 0 rings (SSSR count). The monoisotopic (exact) mass is 390 g/mol. The molecular formula is C16H30N4O7. The normalized spacial score (nSPS) is 11.9. The summed E-state index contributed by atoms with van der Waals surface area (Å²) in [6.07, 6.45) is -1.54. The quantitative estimate of drug-likeness (QED) is 0.292. The van der Waals surface area contributed by atoms with Gasteiger partial charge in [0.2, 0.25) is 11.8 Å². The van der Waals surface area contributed by atoms with E-state index in [0.717, 1.165) is 0 Å². The molecule has 0 aromatic rings. The predicted molar refractivity (Wildman–Crippen MR) is 95.3 cm³/mol. The smallest absolute Gasteiger partial charge is 0.407 e. The van der Waals surface area contributed by atoms with Gasteiger partial charge in [0, 0.05) is 25.9 Å². The fourth-order valence-electron chi connectivity index (χ4n) is 1.86. The Kier molecular flexibility index (Phi) is 11.5. The van der Waals surface area contributed by atoms with E-state index < -0.39 is 29.8 Å². The first kappa shape index (κ1) is 24.4. The van der Waals surface area contributed by atoms with Gasteiger partial charge in [-0.05, 0) is 33.6 Å². The van der Waals surface area contributed by atoms with Gasteiger partial charge in [0.1, 0.15) is 11.7 Å². The van der Waals surface area contributed by atoms with Crippen LogP contribution in [-0.2, 0) is 23.9 Å². The van der Waals surface area contributed by atoms with E-state index in [1.54, 1.807) is 20.8 Å². The molecule has 0 heterocycles. The Hall–Kier alpha value is -2.56. The van der Waals surface area contributed by atoms with Crippen LogP contribution in [0.3, 0.4) is 0 Å². The highest BCUT2D eigenvalue weighted by Gasteiger charge is 2.18. The second-order valence-corrected chi connectivity index (χ2v) is 6.66. The predicted octanol–water partition coefficient (Wildman–Crippen LogP) is 0.329. The van der Waals surface area contributed by atoms with Crippen molar-refractivity contribution in [3.05, 3.63) is 0 Å². The highest BCUT2D eigenvalue weighted by Crippen LogP contribution is 2.10. The van der Waals surface area contributed by atoms with Gasteiger partial charge in [-0.25, -0.2) is 15.1 Å². The third-order valence-electron chi connectivity index (χ3n) is 2.96. The standard InChI is InChI=1S/C16H30N4O7/c1-16(2,3)27-15(24)19-10-9-18-14(23)26-11(5-7-12(17)21)6-8-13(22)20-25-4/h11H,5-10H2,1-4H3,(H2,17,21)(H,18,23)(H,19,24)(H,20,22). The summed E-state index contributed by atoms with van der Waals surface area (Å²) in [4.78, 5) is 50.1. The molecule has 156 valence electrons. The molecule has 0 saturated carbocycles. The topological polar surface area (TPSA) is 158 Å². The molecule has 0 aliphatic carbocycles. The Morgan fingerprint density at radius 3 is 2.04 bits per heavy atom. The molecule has 0 aromatic carbocycles. The maximum atomic E-state index is 11.8. The van der Waals surface area contributed by atoms with Crippen molar-refractivity contribution in [3.63, 3.8) is 0 Å². The van der Waals surface area contributed by atoms with Gasteiger partial charge in [-0.3, -0.25) is 14.4 Å². The van der Waals surface area contributed by atoms with Crippen molar-refractivity contribution in [1.29, 1.82) is 0 Å². The number of hydrogen-bond acceptors (Lipinski definition) is 7. The first-order valence-electron chi connectivity index (χ1n) is 8.55. The highest BCUT2D eigenvalue weighted by molar-refractivity contribution is 5.75. The van der Waals surface area contributed by atoms with Crippen LogP contribution in [0, 0.1) is 0 Å². The van der Waals surface area contributed by atoms with Gasteiger partial charge in [-0.1, -0.05) is 0 Å². The van der Waals surface area contributed by atoms with Crippen molar-refractivity contribution < 1.29 is 33.5 Å². The van der Waals surface area contributed by atoms with Gasteiger partial charge in [0.15, 0.2) is 0 Å². The van der Waals surface area contributed by atoms with Gasteiger partial charge in [-0.2, -0.15) is 0 Å². The minimum atomic E-state index is -0.734. The van der Waals surface area contributed by atoms with E-state index in [9.17, 15) is 19.2 Å². The van der Waals surface area contributed by atoms with Crippen LogP contribution in [0.15, 0.2) is 0 Å². The van der Waals surface area contributed by atoms with Crippen molar-refractivity contribution in [1.82, 2.24) is 16.1 Å². The lowest BCUT2D eigenvalue weighted by Gasteiger charge is -2.20. The average Bonchev–Trinajstić information content (AvgIpc) is 2.52. The van der Waals surface area contributed by atoms with Gasteiger partial charge < -0.3 is 25.8 Å². The van der Waals surface area contributed by atoms with Crippen molar-refractivity contribution in [2.24, 2.45) is 5.73 Å². The van der Waals surface area contributed by atoms with Crippen molar-refractivity contribution in [2.75, 3.05) is 20.2 Å². The van der Waals surface area contributed by atoms with Crippen LogP contribution in [0.5, 0.6) is 0 Å². The summed E-state index contributed by atoms with van der Waals surface area (Å²) in [5, 5.41) is 4.94. The van der Waals surface area contributed by atoms with Crippen LogP contribution in [0.4, 0.5) is 9.59 Å². The summed E-state index contributed by atoms with van der Waals surface area (Å²) in [5.74, 6) is -0.918. The number of alkyl carbamates (subject to hydrolysis) is 2.